The minimum Gasteiger partial charge on any atom is -0.496 e. The van der Waals surface area contributed by atoms with Crippen LogP contribution in [-0.2, 0) is 13.5 Å². The molecule has 0 aliphatic rings. The number of carbonyl (C=O) groups excluding carboxylic acids is 1. The Balaban J connectivity index is 1.59. The molecule has 0 aliphatic heterocycles. The van der Waals surface area contributed by atoms with Crippen LogP contribution in [0.5, 0.6) is 5.75 Å². The van der Waals surface area contributed by atoms with E-state index in [2.05, 4.69) is 33.8 Å². The summed E-state index contributed by atoms with van der Waals surface area (Å²) in [6.07, 6.45) is 4.29. The Morgan fingerprint density at radius 2 is 1.84 bits per heavy atom. The lowest BCUT2D eigenvalue weighted by molar-refractivity contribution is 0.234. The van der Waals surface area contributed by atoms with E-state index < -0.39 is 6.04 Å². The van der Waals surface area contributed by atoms with Crippen LogP contribution >= 0.6 is 11.3 Å². The first-order valence-electron chi connectivity index (χ1n) is 10.4. The van der Waals surface area contributed by atoms with Gasteiger partial charge < -0.3 is 19.9 Å². The third kappa shape index (κ3) is 5.00. The second-order valence-electron chi connectivity index (χ2n) is 7.45. The van der Waals surface area contributed by atoms with Gasteiger partial charge in [0.15, 0.2) is 0 Å². The van der Waals surface area contributed by atoms with E-state index in [1.807, 2.05) is 71.7 Å². The second-order valence-corrected chi connectivity index (χ2v) is 8.43. The maximum Gasteiger partial charge on any atom is 0.316 e. The average Bonchev–Trinajstić information content (AvgIpc) is 3.50. The molecule has 0 aliphatic carbocycles. The fraction of sp³-hybridized carbons (Fsp3) is 0.200. The summed E-state index contributed by atoms with van der Waals surface area (Å²) in [5.41, 5.74) is 2.01. The Hall–Kier alpha value is -3.58. The molecule has 0 saturated heterocycles. The van der Waals surface area contributed by atoms with Crippen LogP contribution < -0.4 is 15.4 Å². The normalized spacial score (nSPS) is 12.7. The number of nitrogens with one attached hydrogen (secondary N) is 2. The quantitative estimate of drug-likeness (QED) is 0.406. The third-order valence-electron chi connectivity index (χ3n) is 5.32. The van der Waals surface area contributed by atoms with Gasteiger partial charge in [-0.05, 0) is 29.5 Å². The predicted molar refractivity (Wildman–Crippen MR) is 127 cm³/mol. The number of thiophene rings is 1. The number of amides is 2. The van der Waals surface area contributed by atoms with Crippen molar-refractivity contribution in [1.82, 2.24) is 20.2 Å². The van der Waals surface area contributed by atoms with E-state index in [9.17, 15) is 4.79 Å². The number of para-hydroxylation sites is 1. The Morgan fingerprint density at radius 3 is 2.53 bits per heavy atom. The lowest BCUT2D eigenvalue weighted by atomic mass is 10.0. The third-order valence-corrected chi connectivity index (χ3v) is 6.30. The summed E-state index contributed by atoms with van der Waals surface area (Å²) in [5.74, 6) is 1.42. The molecule has 164 valence electrons. The molecule has 4 rings (SSSR count). The molecule has 2 aromatic heterocycles. The molecule has 2 amide bonds. The molecule has 7 heteroatoms. The zero-order valence-corrected chi connectivity index (χ0v) is 18.9. The van der Waals surface area contributed by atoms with Gasteiger partial charge in [-0.15, -0.1) is 11.3 Å². The van der Waals surface area contributed by atoms with Crippen molar-refractivity contribution in [3.8, 4) is 5.75 Å². The summed E-state index contributed by atoms with van der Waals surface area (Å²) >= 11 is 1.63. The molecule has 0 spiro atoms. The Kier molecular flexibility index (Phi) is 6.87. The van der Waals surface area contributed by atoms with Crippen LogP contribution in [0.15, 0.2) is 84.5 Å². The van der Waals surface area contributed by atoms with Crippen molar-refractivity contribution in [2.75, 3.05) is 7.11 Å². The van der Waals surface area contributed by atoms with Crippen LogP contribution in [0.1, 0.15) is 33.9 Å². The number of methoxy groups -OCH3 is 1. The van der Waals surface area contributed by atoms with Crippen LogP contribution in [0.2, 0.25) is 0 Å². The maximum absolute atomic E-state index is 13.2. The molecule has 2 N–H and O–H groups in total. The fourth-order valence-electron chi connectivity index (χ4n) is 3.73. The molecule has 6 nitrogen and oxygen atoms in total. The minimum absolute atomic E-state index is 0.142. The van der Waals surface area contributed by atoms with Gasteiger partial charge >= 0.3 is 6.03 Å². The first-order chi connectivity index (χ1) is 15.7. The lowest BCUT2D eigenvalue weighted by Crippen LogP contribution is -2.41. The number of ether oxygens (including phenoxy) is 1. The van der Waals surface area contributed by atoms with Gasteiger partial charge in [0.2, 0.25) is 0 Å². The van der Waals surface area contributed by atoms with Crippen LogP contribution in [0, 0.1) is 0 Å². The van der Waals surface area contributed by atoms with Gasteiger partial charge in [-0.2, -0.15) is 0 Å². The SMILES string of the molecule is COc1ccccc1C(NC(=O)NC(Cc1ccccc1)c1cccs1)c1nccn1C. The zero-order valence-electron chi connectivity index (χ0n) is 18.1. The minimum atomic E-state index is -0.466. The van der Waals surface area contributed by atoms with E-state index in [-0.39, 0.29) is 12.1 Å². The van der Waals surface area contributed by atoms with Crippen LogP contribution in [0.3, 0.4) is 0 Å². The number of rotatable bonds is 8. The van der Waals surface area contributed by atoms with Crippen molar-refractivity contribution >= 4 is 17.4 Å². The molecule has 4 aromatic rings. The smallest absolute Gasteiger partial charge is 0.316 e. The Labute approximate surface area is 191 Å². The van der Waals surface area contributed by atoms with Gasteiger partial charge in [-0.1, -0.05) is 54.6 Å². The molecular formula is C25H26N4O2S. The highest BCUT2D eigenvalue weighted by Gasteiger charge is 2.25. The molecule has 0 fully saturated rings. The molecule has 0 radical (unpaired) electrons. The van der Waals surface area contributed by atoms with Crippen molar-refractivity contribution in [3.63, 3.8) is 0 Å². The highest BCUT2D eigenvalue weighted by atomic mass is 32.1. The number of carbonyl (C=O) groups is 1. The van der Waals surface area contributed by atoms with E-state index in [1.165, 1.54) is 0 Å². The molecule has 2 atom stereocenters. The molecule has 2 aromatic carbocycles. The summed E-state index contributed by atoms with van der Waals surface area (Å²) in [4.78, 5) is 18.8. The van der Waals surface area contributed by atoms with E-state index in [4.69, 9.17) is 4.74 Å². The summed E-state index contributed by atoms with van der Waals surface area (Å²) in [7, 11) is 3.54. The van der Waals surface area contributed by atoms with E-state index in [1.54, 1.807) is 24.6 Å². The van der Waals surface area contributed by atoms with Crippen LogP contribution in [0.4, 0.5) is 4.79 Å². The predicted octanol–water partition coefficient (Wildman–Crippen LogP) is 4.86. The average molecular weight is 447 g/mol. The number of hydrogen-bond donors (Lipinski definition) is 2. The van der Waals surface area contributed by atoms with Crippen LogP contribution in [0.25, 0.3) is 0 Å². The number of hydrogen-bond acceptors (Lipinski definition) is 4. The number of aromatic nitrogens is 2. The van der Waals surface area contributed by atoms with Gasteiger partial charge in [0.25, 0.3) is 0 Å². The Morgan fingerprint density at radius 1 is 1.06 bits per heavy atom. The lowest BCUT2D eigenvalue weighted by Gasteiger charge is -2.24. The number of benzene rings is 2. The molecule has 0 bridgehead atoms. The van der Waals surface area contributed by atoms with Gasteiger partial charge in [-0.3, -0.25) is 0 Å². The Bertz CT molecular complexity index is 1140. The van der Waals surface area contributed by atoms with Crippen molar-refractivity contribution in [2.24, 2.45) is 7.05 Å². The highest BCUT2D eigenvalue weighted by Crippen LogP contribution is 2.29. The van der Waals surface area contributed by atoms with Gasteiger partial charge in [0, 0.05) is 29.9 Å². The summed E-state index contributed by atoms with van der Waals surface area (Å²) in [6, 6.07) is 21.0. The van der Waals surface area contributed by atoms with Gasteiger partial charge in [-0.25, -0.2) is 9.78 Å². The highest BCUT2D eigenvalue weighted by molar-refractivity contribution is 7.10. The topological polar surface area (TPSA) is 68.2 Å². The monoisotopic (exact) mass is 446 g/mol. The molecule has 32 heavy (non-hydrogen) atoms. The van der Waals surface area contributed by atoms with E-state index in [0.29, 0.717) is 12.2 Å². The summed E-state index contributed by atoms with van der Waals surface area (Å²) in [5, 5.41) is 8.32. The fourth-order valence-corrected chi connectivity index (χ4v) is 4.51. The summed E-state index contributed by atoms with van der Waals surface area (Å²) in [6.45, 7) is 0. The molecule has 0 saturated carbocycles. The number of urea groups is 1. The largest absolute Gasteiger partial charge is 0.496 e. The van der Waals surface area contributed by atoms with Crippen molar-refractivity contribution in [1.29, 1.82) is 0 Å². The number of nitrogens with zero attached hydrogens (tertiary/aromatic N) is 2. The van der Waals surface area contributed by atoms with Gasteiger partial charge in [0.05, 0.1) is 13.2 Å². The first kappa shape index (κ1) is 21.6. The number of aryl methyl sites for hydroxylation is 1. The van der Waals surface area contributed by atoms with Gasteiger partial charge in [0.1, 0.15) is 17.6 Å². The number of imidazole rings is 1. The molecule has 2 heterocycles. The standard InChI is InChI=1S/C25H26N4O2S/c1-29-15-14-26-24(29)23(19-11-6-7-12-21(19)31-2)28-25(30)27-20(22-13-8-16-32-22)17-18-9-4-3-5-10-18/h3-16,20,23H,17H2,1-2H3,(H2,27,28,30). The van der Waals surface area contributed by atoms with E-state index >= 15 is 0 Å². The van der Waals surface area contributed by atoms with Crippen LogP contribution in [-0.4, -0.2) is 22.7 Å². The van der Waals surface area contributed by atoms with Crippen molar-refractivity contribution in [3.05, 3.63) is 106 Å². The molecule has 2 unspecified atom stereocenters. The maximum atomic E-state index is 13.2. The van der Waals surface area contributed by atoms with Crippen molar-refractivity contribution < 1.29 is 9.53 Å². The first-order valence-corrected chi connectivity index (χ1v) is 11.3. The van der Waals surface area contributed by atoms with E-state index in [0.717, 1.165) is 21.8 Å². The summed E-state index contributed by atoms with van der Waals surface area (Å²) < 4.78 is 7.46. The van der Waals surface area contributed by atoms with Crippen molar-refractivity contribution in [2.45, 2.75) is 18.5 Å². The molecular weight excluding hydrogens is 420 g/mol. The second kappa shape index (κ2) is 10.2. The zero-order chi connectivity index (χ0) is 22.3.